The van der Waals surface area contributed by atoms with Gasteiger partial charge in [0.2, 0.25) is 0 Å². The van der Waals surface area contributed by atoms with E-state index in [4.69, 9.17) is 12.2 Å². The highest BCUT2D eigenvalue weighted by Crippen LogP contribution is 2.11. The molecule has 3 rings (SSSR count). The van der Waals surface area contributed by atoms with E-state index in [1.165, 1.54) is 11.1 Å². The summed E-state index contributed by atoms with van der Waals surface area (Å²) in [4.78, 5) is 0. The van der Waals surface area contributed by atoms with Gasteiger partial charge in [0.1, 0.15) is 0 Å². The standard InChI is InChI=1S/C19H20N4S/c1-2-15-8-10-17(11-9-15)20-19(24)21-18-12-13-23(22-18)14-16-6-4-3-5-7-16/h3-13H,2,14H2,1H3,(H2,20,21,22,24). The largest absolute Gasteiger partial charge is 0.332 e. The van der Waals surface area contributed by atoms with Crippen molar-refractivity contribution in [1.29, 1.82) is 0 Å². The zero-order chi connectivity index (χ0) is 16.8. The lowest BCUT2D eigenvalue weighted by Crippen LogP contribution is -2.19. The second-order valence-electron chi connectivity index (χ2n) is 5.51. The molecule has 2 N–H and O–H groups in total. The van der Waals surface area contributed by atoms with E-state index in [9.17, 15) is 0 Å². The fraction of sp³-hybridized carbons (Fsp3) is 0.158. The Morgan fingerprint density at radius 2 is 1.71 bits per heavy atom. The van der Waals surface area contributed by atoms with Crippen molar-refractivity contribution < 1.29 is 0 Å². The summed E-state index contributed by atoms with van der Waals surface area (Å²) in [7, 11) is 0. The smallest absolute Gasteiger partial charge is 0.176 e. The number of aromatic nitrogens is 2. The molecule has 0 spiro atoms. The summed E-state index contributed by atoms with van der Waals surface area (Å²) in [6.45, 7) is 2.88. The van der Waals surface area contributed by atoms with Crippen LogP contribution >= 0.6 is 12.2 Å². The highest BCUT2D eigenvalue weighted by molar-refractivity contribution is 7.80. The van der Waals surface area contributed by atoms with Crippen LogP contribution in [0.5, 0.6) is 0 Å². The van der Waals surface area contributed by atoms with Gasteiger partial charge in [-0.15, -0.1) is 0 Å². The molecule has 0 aliphatic carbocycles. The first kappa shape index (κ1) is 16.2. The number of hydrogen-bond donors (Lipinski definition) is 2. The van der Waals surface area contributed by atoms with E-state index in [0.29, 0.717) is 5.11 Å². The fourth-order valence-corrected chi connectivity index (χ4v) is 2.61. The molecule has 0 aliphatic rings. The molecule has 0 saturated heterocycles. The molecular formula is C19H20N4S. The Kier molecular flexibility index (Phi) is 5.23. The van der Waals surface area contributed by atoms with Crippen molar-refractivity contribution in [2.24, 2.45) is 0 Å². The maximum Gasteiger partial charge on any atom is 0.176 e. The van der Waals surface area contributed by atoms with Crippen LogP contribution in [0.25, 0.3) is 0 Å². The van der Waals surface area contributed by atoms with Crippen LogP contribution in [0.1, 0.15) is 18.1 Å². The fourth-order valence-electron chi connectivity index (χ4n) is 2.39. The molecule has 3 aromatic rings. The summed E-state index contributed by atoms with van der Waals surface area (Å²) in [6, 6.07) is 20.4. The van der Waals surface area contributed by atoms with E-state index < -0.39 is 0 Å². The highest BCUT2D eigenvalue weighted by Gasteiger charge is 2.03. The monoisotopic (exact) mass is 336 g/mol. The highest BCUT2D eigenvalue weighted by atomic mass is 32.1. The van der Waals surface area contributed by atoms with Gasteiger partial charge in [-0.05, 0) is 41.9 Å². The van der Waals surface area contributed by atoms with Crippen molar-refractivity contribution in [3.63, 3.8) is 0 Å². The molecule has 0 fully saturated rings. The van der Waals surface area contributed by atoms with E-state index in [2.05, 4.69) is 46.9 Å². The number of aryl methyl sites for hydroxylation is 1. The average molecular weight is 336 g/mol. The maximum atomic E-state index is 5.35. The lowest BCUT2D eigenvalue weighted by atomic mass is 10.1. The number of nitrogens with zero attached hydrogens (tertiary/aromatic N) is 2. The average Bonchev–Trinajstić information content (AvgIpc) is 3.03. The molecule has 122 valence electrons. The molecule has 4 nitrogen and oxygen atoms in total. The summed E-state index contributed by atoms with van der Waals surface area (Å²) < 4.78 is 1.89. The van der Waals surface area contributed by atoms with Gasteiger partial charge in [0, 0.05) is 18.0 Å². The summed E-state index contributed by atoms with van der Waals surface area (Å²) >= 11 is 5.35. The molecular weight excluding hydrogens is 316 g/mol. The minimum Gasteiger partial charge on any atom is -0.332 e. The Balaban J connectivity index is 1.56. The molecule has 0 amide bonds. The summed E-state index contributed by atoms with van der Waals surface area (Å²) in [5.41, 5.74) is 3.48. The van der Waals surface area contributed by atoms with Crippen LogP contribution < -0.4 is 10.6 Å². The van der Waals surface area contributed by atoms with Crippen LogP contribution in [0.15, 0.2) is 66.9 Å². The third-order valence-electron chi connectivity index (χ3n) is 3.69. The predicted octanol–water partition coefficient (Wildman–Crippen LogP) is 4.30. The van der Waals surface area contributed by atoms with Crippen molar-refractivity contribution in [2.45, 2.75) is 19.9 Å². The third kappa shape index (κ3) is 4.43. The van der Waals surface area contributed by atoms with E-state index in [-0.39, 0.29) is 0 Å². The summed E-state index contributed by atoms with van der Waals surface area (Å²) in [5.74, 6) is 0.730. The number of benzene rings is 2. The van der Waals surface area contributed by atoms with Crippen molar-refractivity contribution in [3.05, 3.63) is 78.0 Å². The van der Waals surface area contributed by atoms with Gasteiger partial charge in [-0.3, -0.25) is 4.68 Å². The lowest BCUT2D eigenvalue weighted by Gasteiger charge is -2.09. The number of thiocarbonyl (C=S) groups is 1. The Hall–Kier alpha value is -2.66. The topological polar surface area (TPSA) is 41.9 Å². The van der Waals surface area contributed by atoms with E-state index in [1.807, 2.05) is 47.3 Å². The SMILES string of the molecule is CCc1ccc(NC(=S)Nc2ccn(Cc3ccccc3)n2)cc1. The molecule has 1 aromatic heterocycles. The van der Waals surface area contributed by atoms with Crippen LogP contribution in [0.2, 0.25) is 0 Å². The number of nitrogens with one attached hydrogen (secondary N) is 2. The predicted molar refractivity (Wildman–Crippen MR) is 103 cm³/mol. The van der Waals surface area contributed by atoms with Gasteiger partial charge >= 0.3 is 0 Å². The lowest BCUT2D eigenvalue weighted by molar-refractivity contribution is 0.690. The minimum absolute atomic E-state index is 0.532. The molecule has 0 aliphatic heterocycles. The van der Waals surface area contributed by atoms with Gasteiger partial charge in [-0.2, -0.15) is 5.10 Å². The second kappa shape index (κ2) is 7.75. The van der Waals surface area contributed by atoms with E-state index in [1.54, 1.807) is 0 Å². The molecule has 0 radical (unpaired) electrons. The Labute approximate surface area is 147 Å². The first-order valence-corrected chi connectivity index (χ1v) is 8.38. The van der Waals surface area contributed by atoms with Crippen LogP contribution in [0.3, 0.4) is 0 Å². The van der Waals surface area contributed by atoms with Crippen LogP contribution in [0.4, 0.5) is 11.5 Å². The van der Waals surface area contributed by atoms with Crippen LogP contribution in [0, 0.1) is 0 Å². The molecule has 0 saturated carbocycles. The van der Waals surface area contributed by atoms with Crippen molar-refractivity contribution >= 4 is 28.8 Å². The maximum absolute atomic E-state index is 5.35. The van der Waals surface area contributed by atoms with Crippen LogP contribution in [-0.4, -0.2) is 14.9 Å². The second-order valence-corrected chi connectivity index (χ2v) is 5.92. The minimum atomic E-state index is 0.532. The van der Waals surface area contributed by atoms with Gasteiger partial charge in [-0.25, -0.2) is 0 Å². The van der Waals surface area contributed by atoms with Gasteiger partial charge < -0.3 is 10.6 Å². The Morgan fingerprint density at radius 3 is 2.42 bits per heavy atom. The third-order valence-corrected chi connectivity index (χ3v) is 3.89. The molecule has 0 unspecified atom stereocenters. The Morgan fingerprint density at radius 1 is 0.958 bits per heavy atom. The molecule has 2 aromatic carbocycles. The molecule has 1 heterocycles. The van der Waals surface area contributed by atoms with Crippen molar-refractivity contribution in [3.8, 4) is 0 Å². The van der Waals surface area contributed by atoms with Gasteiger partial charge in [0.15, 0.2) is 10.9 Å². The zero-order valence-corrected chi connectivity index (χ0v) is 14.4. The number of hydrogen-bond acceptors (Lipinski definition) is 2. The Bertz CT molecular complexity index is 794. The van der Waals surface area contributed by atoms with E-state index >= 15 is 0 Å². The summed E-state index contributed by atoms with van der Waals surface area (Å²) in [6.07, 6.45) is 2.97. The van der Waals surface area contributed by atoms with Gasteiger partial charge in [0.25, 0.3) is 0 Å². The van der Waals surface area contributed by atoms with Crippen molar-refractivity contribution in [1.82, 2.24) is 9.78 Å². The van der Waals surface area contributed by atoms with Gasteiger partial charge in [-0.1, -0.05) is 49.4 Å². The van der Waals surface area contributed by atoms with Crippen molar-refractivity contribution in [2.75, 3.05) is 10.6 Å². The number of anilines is 2. The summed E-state index contributed by atoms with van der Waals surface area (Å²) in [5, 5.41) is 11.3. The van der Waals surface area contributed by atoms with E-state index in [0.717, 1.165) is 24.5 Å². The molecule has 0 bridgehead atoms. The van der Waals surface area contributed by atoms with Gasteiger partial charge in [0.05, 0.1) is 6.54 Å². The zero-order valence-electron chi connectivity index (χ0n) is 13.6. The first-order valence-electron chi connectivity index (χ1n) is 7.97. The molecule has 24 heavy (non-hydrogen) atoms. The first-order chi connectivity index (χ1) is 11.7. The normalized spacial score (nSPS) is 10.4. The number of rotatable bonds is 5. The van der Waals surface area contributed by atoms with Crippen LogP contribution in [-0.2, 0) is 13.0 Å². The quantitative estimate of drug-likeness (QED) is 0.682. The molecule has 0 atom stereocenters. The molecule has 5 heteroatoms.